The number of piperazine rings is 1. The molecule has 0 radical (unpaired) electrons. The number of rotatable bonds is 6. The third kappa shape index (κ3) is 5.72. The van der Waals surface area contributed by atoms with Crippen LogP contribution in [0.15, 0.2) is 96.3 Å². The molecule has 0 bridgehead atoms. The Hall–Kier alpha value is -3.21. The monoisotopic (exact) mass is 438 g/mol. The summed E-state index contributed by atoms with van der Waals surface area (Å²) in [6, 6.07) is 15.2. The highest BCUT2D eigenvalue weighted by atomic mass is 19.4. The number of nitrogens with zero attached hydrogens (tertiary/aromatic N) is 2. The number of ether oxygens (including phenoxy) is 1. The molecule has 1 unspecified atom stereocenters. The molecule has 4 rings (SSSR count). The number of hydrogen-bond donors (Lipinski definition) is 0. The predicted molar refractivity (Wildman–Crippen MR) is 121 cm³/mol. The number of anilines is 1. The molecule has 166 valence electrons. The number of hydrogen-bond acceptors (Lipinski definition) is 3. The van der Waals surface area contributed by atoms with E-state index >= 15 is 0 Å². The van der Waals surface area contributed by atoms with Gasteiger partial charge in [0, 0.05) is 44.0 Å². The molecule has 6 heteroatoms. The van der Waals surface area contributed by atoms with Crippen molar-refractivity contribution in [2.75, 3.05) is 37.6 Å². The van der Waals surface area contributed by atoms with Crippen LogP contribution in [0, 0.1) is 0 Å². The lowest BCUT2D eigenvalue weighted by Gasteiger charge is -2.37. The fraction of sp³-hybridized carbons (Fsp3) is 0.269. The van der Waals surface area contributed by atoms with Gasteiger partial charge < -0.3 is 9.64 Å². The average molecular weight is 438 g/mol. The quantitative estimate of drug-likeness (QED) is 0.556. The van der Waals surface area contributed by atoms with Crippen molar-refractivity contribution in [3.63, 3.8) is 0 Å². The molecule has 1 heterocycles. The van der Waals surface area contributed by atoms with E-state index < -0.39 is 11.7 Å². The van der Waals surface area contributed by atoms with Crippen molar-refractivity contribution >= 4 is 5.69 Å². The van der Waals surface area contributed by atoms with Crippen LogP contribution in [0.4, 0.5) is 18.9 Å². The molecule has 0 N–H and O–H groups in total. The third-order valence-corrected chi connectivity index (χ3v) is 5.57. The molecular weight excluding hydrogens is 413 g/mol. The first-order chi connectivity index (χ1) is 15.5. The second-order valence-electron chi connectivity index (χ2n) is 7.76. The smallest absolute Gasteiger partial charge is 0.416 e. The van der Waals surface area contributed by atoms with Crippen LogP contribution in [-0.4, -0.2) is 43.7 Å². The zero-order valence-corrected chi connectivity index (χ0v) is 17.6. The second kappa shape index (κ2) is 9.94. The summed E-state index contributed by atoms with van der Waals surface area (Å²) in [5, 5.41) is 0. The largest absolute Gasteiger partial charge is 0.484 e. The molecule has 32 heavy (non-hydrogen) atoms. The van der Waals surface area contributed by atoms with Gasteiger partial charge in [-0.05, 0) is 48.6 Å². The Balaban J connectivity index is 1.45. The van der Waals surface area contributed by atoms with Crippen LogP contribution in [0.1, 0.15) is 5.56 Å². The molecule has 0 saturated carbocycles. The van der Waals surface area contributed by atoms with Gasteiger partial charge in [-0.2, -0.15) is 13.2 Å². The number of allylic oxidation sites excluding steroid dienone is 3. The van der Waals surface area contributed by atoms with Crippen LogP contribution in [0.5, 0.6) is 5.75 Å². The van der Waals surface area contributed by atoms with E-state index in [2.05, 4.69) is 27.7 Å². The summed E-state index contributed by atoms with van der Waals surface area (Å²) in [7, 11) is 0. The van der Waals surface area contributed by atoms with Gasteiger partial charge in [0.15, 0.2) is 0 Å². The van der Waals surface area contributed by atoms with Gasteiger partial charge in [0.05, 0.1) is 5.56 Å². The molecule has 1 fully saturated rings. The first-order valence-corrected chi connectivity index (χ1v) is 10.7. The molecule has 1 aliphatic heterocycles. The summed E-state index contributed by atoms with van der Waals surface area (Å²) in [6.07, 6.45) is 4.77. The minimum Gasteiger partial charge on any atom is -0.484 e. The standard InChI is InChI=1S/C26H25F3N2O/c27-26(28,29)22-12-14-24(15-13-22)32-25(21-8-4-1-2-5-9-21)20-30-16-18-31(19-17-30)23-10-6-3-7-11-23/h1-8,10-15,25H,16-20H2. The fourth-order valence-electron chi connectivity index (χ4n) is 3.82. The van der Waals surface area contributed by atoms with E-state index in [1.165, 1.54) is 17.8 Å². The number of para-hydroxylation sites is 1. The molecule has 0 amide bonds. The Morgan fingerprint density at radius 2 is 1.59 bits per heavy atom. The molecule has 2 aromatic rings. The van der Waals surface area contributed by atoms with Gasteiger partial charge in [0.25, 0.3) is 0 Å². The maximum absolute atomic E-state index is 12.9. The molecule has 2 aromatic carbocycles. The summed E-state index contributed by atoms with van der Waals surface area (Å²) < 4.78 is 44.9. The van der Waals surface area contributed by atoms with Crippen molar-refractivity contribution in [2.45, 2.75) is 12.3 Å². The first kappa shape index (κ1) is 22.0. The Morgan fingerprint density at radius 1 is 0.875 bits per heavy atom. The van der Waals surface area contributed by atoms with Crippen LogP contribution in [0.2, 0.25) is 0 Å². The molecule has 2 aliphatic rings. The zero-order chi connectivity index (χ0) is 22.4. The van der Waals surface area contributed by atoms with Crippen molar-refractivity contribution in [1.82, 2.24) is 4.90 Å². The van der Waals surface area contributed by atoms with Gasteiger partial charge in [-0.15, -0.1) is 5.73 Å². The van der Waals surface area contributed by atoms with Crippen molar-refractivity contribution < 1.29 is 17.9 Å². The minimum atomic E-state index is -4.36. The Labute approximate surface area is 186 Å². The zero-order valence-electron chi connectivity index (χ0n) is 17.6. The summed E-state index contributed by atoms with van der Waals surface area (Å²) >= 11 is 0. The fourth-order valence-corrected chi connectivity index (χ4v) is 3.82. The van der Waals surface area contributed by atoms with Crippen molar-refractivity contribution in [1.29, 1.82) is 0 Å². The number of benzene rings is 2. The maximum atomic E-state index is 12.9. The summed E-state index contributed by atoms with van der Waals surface area (Å²) in [5.74, 6) is 0.408. The minimum absolute atomic E-state index is 0.345. The molecule has 0 aromatic heterocycles. The Morgan fingerprint density at radius 3 is 2.28 bits per heavy atom. The molecule has 1 aliphatic carbocycles. The second-order valence-corrected chi connectivity index (χ2v) is 7.76. The first-order valence-electron chi connectivity index (χ1n) is 10.7. The average Bonchev–Trinajstić information content (AvgIpc) is 3.09. The van der Waals surface area contributed by atoms with E-state index in [1.54, 1.807) is 0 Å². The normalized spacial score (nSPS) is 17.7. The molecular formula is C26H25F3N2O. The van der Waals surface area contributed by atoms with E-state index in [1.807, 2.05) is 48.6 Å². The van der Waals surface area contributed by atoms with Crippen LogP contribution < -0.4 is 9.64 Å². The Bertz CT molecular complexity index is 1010. The summed E-state index contributed by atoms with van der Waals surface area (Å²) in [6.45, 7) is 4.19. The summed E-state index contributed by atoms with van der Waals surface area (Å²) in [4.78, 5) is 4.69. The summed E-state index contributed by atoms with van der Waals surface area (Å²) in [5.41, 5.74) is 4.63. The van der Waals surface area contributed by atoms with Crippen LogP contribution in [0.25, 0.3) is 0 Å². The predicted octanol–water partition coefficient (Wildman–Crippen LogP) is 5.48. The molecule has 0 spiro atoms. The number of alkyl halides is 3. The lowest BCUT2D eigenvalue weighted by Crippen LogP contribution is -2.49. The van der Waals surface area contributed by atoms with Crippen LogP contribution in [0.3, 0.4) is 0 Å². The van der Waals surface area contributed by atoms with Crippen molar-refractivity contribution in [3.05, 3.63) is 102 Å². The van der Waals surface area contributed by atoms with Crippen molar-refractivity contribution in [2.24, 2.45) is 0 Å². The van der Waals surface area contributed by atoms with Gasteiger partial charge in [-0.25, -0.2) is 0 Å². The van der Waals surface area contributed by atoms with E-state index in [-0.39, 0.29) is 6.10 Å². The Kier molecular flexibility index (Phi) is 6.84. The highest BCUT2D eigenvalue weighted by Crippen LogP contribution is 2.31. The maximum Gasteiger partial charge on any atom is 0.416 e. The van der Waals surface area contributed by atoms with Crippen LogP contribution in [-0.2, 0) is 6.18 Å². The third-order valence-electron chi connectivity index (χ3n) is 5.57. The molecule has 3 nitrogen and oxygen atoms in total. The number of halogens is 3. The van der Waals surface area contributed by atoms with E-state index in [0.29, 0.717) is 12.3 Å². The lowest BCUT2D eigenvalue weighted by molar-refractivity contribution is -0.137. The molecule has 1 atom stereocenters. The van der Waals surface area contributed by atoms with Gasteiger partial charge >= 0.3 is 6.18 Å². The topological polar surface area (TPSA) is 15.7 Å². The van der Waals surface area contributed by atoms with Gasteiger partial charge in [0.2, 0.25) is 0 Å². The van der Waals surface area contributed by atoms with E-state index in [0.717, 1.165) is 43.9 Å². The lowest BCUT2D eigenvalue weighted by atomic mass is 10.1. The highest BCUT2D eigenvalue weighted by Gasteiger charge is 2.30. The van der Waals surface area contributed by atoms with Gasteiger partial charge in [0.1, 0.15) is 11.9 Å². The van der Waals surface area contributed by atoms with Gasteiger partial charge in [-0.3, -0.25) is 4.90 Å². The SMILES string of the molecule is FC(F)(F)c1ccc(OC(CN2CCN(c3ccccc3)CC2)C2=C=CC=CC=C2)cc1. The highest BCUT2D eigenvalue weighted by molar-refractivity contribution is 5.46. The van der Waals surface area contributed by atoms with Crippen molar-refractivity contribution in [3.8, 4) is 5.75 Å². The van der Waals surface area contributed by atoms with E-state index in [4.69, 9.17) is 4.74 Å². The van der Waals surface area contributed by atoms with Crippen LogP contribution >= 0.6 is 0 Å². The molecule has 1 saturated heterocycles. The van der Waals surface area contributed by atoms with E-state index in [9.17, 15) is 13.2 Å². The van der Waals surface area contributed by atoms with Gasteiger partial charge in [-0.1, -0.05) is 36.4 Å².